The molecule has 1 N–H and O–H groups in total. The fraction of sp³-hybridized carbons (Fsp3) is 1.00. The SMILES string of the molecule is CCC1(CC)CC[C@H](CO)CO1. The van der Waals surface area contributed by atoms with Crippen molar-refractivity contribution in [3.63, 3.8) is 0 Å². The van der Waals surface area contributed by atoms with E-state index in [0.717, 1.165) is 32.3 Å². The molecule has 2 nitrogen and oxygen atoms in total. The van der Waals surface area contributed by atoms with Crippen LogP contribution in [0, 0.1) is 5.92 Å². The molecule has 1 saturated heterocycles. The molecule has 0 aromatic carbocycles. The largest absolute Gasteiger partial charge is 0.396 e. The quantitative estimate of drug-likeness (QED) is 0.705. The van der Waals surface area contributed by atoms with Crippen molar-refractivity contribution >= 4 is 0 Å². The molecule has 0 aliphatic carbocycles. The summed E-state index contributed by atoms with van der Waals surface area (Å²) in [6.07, 6.45) is 4.44. The Morgan fingerprint density at radius 1 is 1.42 bits per heavy atom. The number of aliphatic hydroxyl groups is 1. The molecule has 0 amide bonds. The maximum absolute atomic E-state index is 8.93. The van der Waals surface area contributed by atoms with Gasteiger partial charge in [-0.25, -0.2) is 0 Å². The maximum Gasteiger partial charge on any atom is 0.0677 e. The van der Waals surface area contributed by atoms with Gasteiger partial charge in [-0.2, -0.15) is 0 Å². The van der Waals surface area contributed by atoms with Gasteiger partial charge in [0.05, 0.1) is 12.2 Å². The Morgan fingerprint density at radius 2 is 2.08 bits per heavy atom. The number of hydrogen-bond acceptors (Lipinski definition) is 2. The van der Waals surface area contributed by atoms with Crippen molar-refractivity contribution < 1.29 is 9.84 Å². The number of hydrogen-bond donors (Lipinski definition) is 1. The molecule has 1 aliphatic rings. The molecule has 0 aromatic heterocycles. The van der Waals surface area contributed by atoms with Gasteiger partial charge in [-0.3, -0.25) is 0 Å². The number of aliphatic hydroxyl groups excluding tert-OH is 1. The van der Waals surface area contributed by atoms with E-state index in [4.69, 9.17) is 9.84 Å². The molecule has 2 heteroatoms. The summed E-state index contributed by atoms with van der Waals surface area (Å²) in [5.41, 5.74) is 0.131. The second kappa shape index (κ2) is 4.24. The summed E-state index contributed by atoms with van der Waals surface area (Å²) < 4.78 is 5.81. The first-order valence-corrected chi connectivity index (χ1v) is 5.01. The van der Waals surface area contributed by atoms with E-state index in [1.807, 2.05) is 0 Å². The third kappa shape index (κ3) is 1.99. The van der Waals surface area contributed by atoms with Crippen molar-refractivity contribution in [2.24, 2.45) is 5.92 Å². The van der Waals surface area contributed by atoms with Crippen LogP contribution in [0.3, 0.4) is 0 Å². The molecular formula is C10H20O2. The van der Waals surface area contributed by atoms with Gasteiger partial charge >= 0.3 is 0 Å². The Bertz CT molecular complexity index is 120. The van der Waals surface area contributed by atoms with E-state index in [9.17, 15) is 0 Å². The summed E-state index contributed by atoms with van der Waals surface area (Å²) in [5.74, 6) is 0.385. The zero-order chi connectivity index (χ0) is 9.03. The van der Waals surface area contributed by atoms with Crippen LogP contribution >= 0.6 is 0 Å². The van der Waals surface area contributed by atoms with Crippen LogP contribution in [0.2, 0.25) is 0 Å². The average Bonchev–Trinajstić information content (AvgIpc) is 2.18. The summed E-state index contributed by atoms with van der Waals surface area (Å²) >= 11 is 0. The van der Waals surface area contributed by atoms with Gasteiger partial charge in [0.1, 0.15) is 0 Å². The van der Waals surface area contributed by atoms with Crippen LogP contribution in [-0.4, -0.2) is 23.9 Å². The Labute approximate surface area is 74.9 Å². The standard InChI is InChI=1S/C10H20O2/c1-3-10(4-2)6-5-9(7-11)8-12-10/h9,11H,3-8H2,1-2H3/t9-/m1/s1. The fourth-order valence-corrected chi connectivity index (χ4v) is 1.87. The van der Waals surface area contributed by atoms with Crippen molar-refractivity contribution in [1.82, 2.24) is 0 Å². The lowest BCUT2D eigenvalue weighted by molar-refractivity contribution is -0.112. The first-order chi connectivity index (χ1) is 5.76. The molecule has 0 radical (unpaired) electrons. The predicted octanol–water partition coefficient (Wildman–Crippen LogP) is 1.96. The van der Waals surface area contributed by atoms with Crippen LogP contribution in [0.25, 0.3) is 0 Å². The third-order valence-electron chi connectivity index (χ3n) is 3.18. The van der Waals surface area contributed by atoms with E-state index in [0.29, 0.717) is 5.92 Å². The Morgan fingerprint density at radius 3 is 2.42 bits per heavy atom. The molecule has 1 fully saturated rings. The lowest BCUT2D eigenvalue weighted by atomic mass is 9.85. The van der Waals surface area contributed by atoms with E-state index in [2.05, 4.69) is 13.8 Å². The molecule has 12 heavy (non-hydrogen) atoms. The zero-order valence-corrected chi connectivity index (χ0v) is 8.18. The van der Waals surface area contributed by atoms with Gasteiger partial charge in [-0.05, 0) is 25.7 Å². The Kier molecular flexibility index (Phi) is 3.53. The van der Waals surface area contributed by atoms with Gasteiger partial charge in [0, 0.05) is 12.5 Å². The van der Waals surface area contributed by atoms with Gasteiger partial charge in [-0.15, -0.1) is 0 Å². The van der Waals surface area contributed by atoms with E-state index in [-0.39, 0.29) is 12.2 Å². The third-order valence-corrected chi connectivity index (χ3v) is 3.18. The average molecular weight is 172 g/mol. The zero-order valence-electron chi connectivity index (χ0n) is 8.18. The second-order valence-corrected chi connectivity index (χ2v) is 3.79. The summed E-state index contributed by atoms with van der Waals surface area (Å²) in [6.45, 7) is 5.40. The van der Waals surface area contributed by atoms with Gasteiger partial charge in [0.2, 0.25) is 0 Å². The van der Waals surface area contributed by atoms with Crippen LogP contribution in [-0.2, 0) is 4.74 Å². The normalized spacial score (nSPS) is 28.8. The van der Waals surface area contributed by atoms with Crippen molar-refractivity contribution in [3.8, 4) is 0 Å². The molecule has 1 aliphatic heterocycles. The fourth-order valence-electron chi connectivity index (χ4n) is 1.87. The Hall–Kier alpha value is -0.0800. The van der Waals surface area contributed by atoms with Crippen LogP contribution < -0.4 is 0 Å². The van der Waals surface area contributed by atoms with Gasteiger partial charge in [-0.1, -0.05) is 13.8 Å². The highest BCUT2D eigenvalue weighted by atomic mass is 16.5. The molecule has 0 saturated carbocycles. The number of ether oxygens (including phenoxy) is 1. The minimum atomic E-state index is 0.131. The monoisotopic (exact) mass is 172 g/mol. The summed E-state index contributed by atoms with van der Waals surface area (Å²) in [5, 5.41) is 8.93. The minimum Gasteiger partial charge on any atom is -0.396 e. The van der Waals surface area contributed by atoms with E-state index in [1.165, 1.54) is 0 Å². The first-order valence-electron chi connectivity index (χ1n) is 5.01. The maximum atomic E-state index is 8.93. The van der Waals surface area contributed by atoms with Gasteiger partial charge < -0.3 is 9.84 Å². The van der Waals surface area contributed by atoms with E-state index in [1.54, 1.807) is 0 Å². The van der Waals surface area contributed by atoms with Crippen LogP contribution in [0.1, 0.15) is 39.5 Å². The van der Waals surface area contributed by atoms with Crippen molar-refractivity contribution in [2.45, 2.75) is 45.1 Å². The van der Waals surface area contributed by atoms with Crippen molar-refractivity contribution in [1.29, 1.82) is 0 Å². The topological polar surface area (TPSA) is 29.5 Å². The van der Waals surface area contributed by atoms with Crippen molar-refractivity contribution in [3.05, 3.63) is 0 Å². The highest BCUT2D eigenvalue weighted by molar-refractivity contribution is 4.83. The van der Waals surface area contributed by atoms with Crippen LogP contribution in [0.4, 0.5) is 0 Å². The van der Waals surface area contributed by atoms with Crippen molar-refractivity contribution in [2.75, 3.05) is 13.2 Å². The molecule has 0 bridgehead atoms. The molecule has 1 atom stereocenters. The summed E-state index contributed by atoms with van der Waals surface area (Å²) in [6, 6.07) is 0. The lowest BCUT2D eigenvalue weighted by Gasteiger charge is -2.38. The highest BCUT2D eigenvalue weighted by Crippen LogP contribution is 2.33. The molecule has 0 aromatic rings. The smallest absolute Gasteiger partial charge is 0.0677 e. The second-order valence-electron chi connectivity index (χ2n) is 3.79. The van der Waals surface area contributed by atoms with Gasteiger partial charge in [0.15, 0.2) is 0 Å². The van der Waals surface area contributed by atoms with Crippen LogP contribution in [0.15, 0.2) is 0 Å². The summed E-state index contributed by atoms with van der Waals surface area (Å²) in [7, 11) is 0. The molecule has 1 heterocycles. The van der Waals surface area contributed by atoms with E-state index >= 15 is 0 Å². The first kappa shape index (κ1) is 10.0. The molecule has 1 rings (SSSR count). The number of rotatable bonds is 3. The molecule has 0 spiro atoms. The van der Waals surface area contributed by atoms with Crippen LogP contribution in [0.5, 0.6) is 0 Å². The highest BCUT2D eigenvalue weighted by Gasteiger charge is 2.32. The van der Waals surface area contributed by atoms with Gasteiger partial charge in [0.25, 0.3) is 0 Å². The molecule has 72 valence electrons. The molecule has 0 unspecified atom stereocenters. The molecular weight excluding hydrogens is 152 g/mol. The lowest BCUT2D eigenvalue weighted by Crippen LogP contribution is -2.39. The summed E-state index contributed by atoms with van der Waals surface area (Å²) in [4.78, 5) is 0. The predicted molar refractivity (Wildman–Crippen MR) is 49.1 cm³/mol. The van der Waals surface area contributed by atoms with E-state index < -0.39 is 0 Å². The Balaban J connectivity index is 2.42. The minimum absolute atomic E-state index is 0.131.